The van der Waals surface area contributed by atoms with Gasteiger partial charge in [-0.3, -0.25) is 29.8 Å². The molecule has 2 amide bonds. The maximum atomic E-state index is 13.1. The maximum Gasteiger partial charge on any atom is 0.410 e. The van der Waals surface area contributed by atoms with Gasteiger partial charge >= 0.3 is 18.2 Å². The number of nitro groups is 2. The molecule has 16 heteroatoms. The molecule has 2 aromatic carbocycles. The van der Waals surface area contributed by atoms with Crippen molar-refractivity contribution >= 4 is 46.4 Å². The number of likely N-dealkylation sites (tertiary alicyclic amines) is 1. The lowest BCUT2D eigenvalue weighted by atomic mass is 10.1. The number of hydrogen-bond acceptors (Lipinski definition) is 12. The van der Waals surface area contributed by atoms with Gasteiger partial charge in [0, 0.05) is 62.4 Å². The van der Waals surface area contributed by atoms with Crippen molar-refractivity contribution in [3.63, 3.8) is 0 Å². The lowest BCUT2D eigenvalue weighted by molar-refractivity contribution is -0.385. The third-order valence-electron chi connectivity index (χ3n) is 6.31. The van der Waals surface area contributed by atoms with Crippen LogP contribution in [-0.4, -0.2) is 68.5 Å². The van der Waals surface area contributed by atoms with E-state index in [9.17, 15) is 39.4 Å². The molecule has 0 unspecified atom stereocenters. The molecule has 1 aliphatic rings. The van der Waals surface area contributed by atoms with Crippen molar-refractivity contribution < 1.29 is 43.2 Å². The van der Waals surface area contributed by atoms with Gasteiger partial charge in [-0.05, 0) is 41.8 Å². The van der Waals surface area contributed by atoms with Gasteiger partial charge in [0.2, 0.25) is 0 Å². The van der Waals surface area contributed by atoms with E-state index in [0.29, 0.717) is 17.5 Å². The number of nitrogens with one attached hydrogen (secondary N) is 1. The minimum Gasteiger partial charge on any atom is -0.461 e. The zero-order valence-electron chi connectivity index (χ0n) is 23.3. The van der Waals surface area contributed by atoms with Crippen LogP contribution < -0.4 is 5.32 Å². The molecule has 15 nitrogen and oxygen atoms in total. The van der Waals surface area contributed by atoms with Crippen molar-refractivity contribution in [1.29, 1.82) is 0 Å². The number of nitrogens with zero attached hydrogens (tertiary/aromatic N) is 3. The SMILES string of the molecule is CC(=O)O[C@H](CNC(=O)OCc1ccc([N+](=O)[O-])cc1)C[C@@H]1C[C@H](SC(C)=O)CN1C(=O)OCc1ccc([N+](=O)[O-])cc1. The van der Waals surface area contributed by atoms with Crippen molar-refractivity contribution in [2.45, 2.75) is 57.3 Å². The normalized spacial score (nSPS) is 16.6. The predicted octanol–water partition coefficient (Wildman–Crippen LogP) is 4.11. The van der Waals surface area contributed by atoms with Gasteiger partial charge in [0.05, 0.1) is 16.4 Å². The second-order valence-corrected chi connectivity index (χ2v) is 11.1. The van der Waals surface area contributed by atoms with Crippen LogP contribution in [0.1, 0.15) is 37.8 Å². The van der Waals surface area contributed by atoms with Gasteiger partial charge in [-0.2, -0.15) is 0 Å². The minimum atomic E-state index is -0.847. The summed E-state index contributed by atoms with van der Waals surface area (Å²) in [5.74, 6) is -0.606. The molecule has 1 heterocycles. The lowest BCUT2D eigenvalue weighted by Gasteiger charge is -2.27. The van der Waals surface area contributed by atoms with Crippen molar-refractivity contribution in [1.82, 2.24) is 10.2 Å². The number of carbonyl (C=O) groups excluding carboxylic acids is 4. The number of esters is 1. The summed E-state index contributed by atoms with van der Waals surface area (Å²) < 4.78 is 16.0. The van der Waals surface area contributed by atoms with Crippen LogP contribution >= 0.6 is 11.8 Å². The largest absolute Gasteiger partial charge is 0.461 e. The Morgan fingerprint density at radius 3 is 1.95 bits per heavy atom. The highest BCUT2D eigenvalue weighted by Crippen LogP contribution is 2.31. The van der Waals surface area contributed by atoms with E-state index >= 15 is 0 Å². The van der Waals surface area contributed by atoms with Crippen LogP contribution in [-0.2, 0) is 37.0 Å². The van der Waals surface area contributed by atoms with Gasteiger partial charge in [0.1, 0.15) is 19.3 Å². The second kappa shape index (κ2) is 15.5. The highest BCUT2D eigenvalue weighted by atomic mass is 32.2. The number of thioether (sulfide) groups is 1. The summed E-state index contributed by atoms with van der Waals surface area (Å²) in [6.45, 7) is 2.41. The van der Waals surface area contributed by atoms with Gasteiger partial charge in [0.25, 0.3) is 11.4 Å². The van der Waals surface area contributed by atoms with Gasteiger partial charge in [0.15, 0.2) is 5.12 Å². The van der Waals surface area contributed by atoms with Crippen LogP contribution in [0.15, 0.2) is 48.5 Å². The number of nitro benzene ring substituents is 2. The molecule has 230 valence electrons. The summed E-state index contributed by atoms with van der Waals surface area (Å²) in [4.78, 5) is 70.9. The predicted molar refractivity (Wildman–Crippen MR) is 152 cm³/mol. The van der Waals surface area contributed by atoms with E-state index in [1.54, 1.807) is 0 Å². The van der Waals surface area contributed by atoms with Crippen LogP contribution in [0.3, 0.4) is 0 Å². The number of ether oxygens (including phenoxy) is 3. The van der Waals surface area contributed by atoms with Crippen LogP contribution in [0.2, 0.25) is 0 Å². The zero-order chi connectivity index (χ0) is 31.5. The Kier molecular flexibility index (Phi) is 11.8. The Bertz CT molecular complexity index is 1340. The molecule has 3 rings (SSSR count). The van der Waals surface area contributed by atoms with E-state index in [2.05, 4.69) is 5.32 Å². The molecule has 1 saturated heterocycles. The summed E-state index contributed by atoms with van der Waals surface area (Å²) in [5, 5.41) is 23.8. The Morgan fingerprint density at radius 2 is 1.47 bits per heavy atom. The first-order valence-electron chi connectivity index (χ1n) is 13.1. The first kappa shape index (κ1) is 32.8. The van der Waals surface area contributed by atoms with Crippen molar-refractivity contribution in [2.24, 2.45) is 0 Å². The Balaban J connectivity index is 1.60. The first-order valence-corrected chi connectivity index (χ1v) is 13.9. The molecule has 1 N–H and O–H groups in total. The molecular weight excluding hydrogens is 588 g/mol. The third kappa shape index (κ3) is 10.6. The molecule has 1 aliphatic heterocycles. The van der Waals surface area contributed by atoms with Crippen LogP contribution in [0, 0.1) is 20.2 Å². The molecule has 0 spiro atoms. The fourth-order valence-electron chi connectivity index (χ4n) is 4.40. The number of hydrogen-bond donors (Lipinski definition) is 1. The van der Waals surface area contributed by atoms with E-state index in [-0.39, 0.29) is 54.5 Å². The molecule has 0 aliphatic carbocycles. The molecule has 0 radical (unpaired) electrons. The molecule has 0 bridgehead atoms. The molecule has 2 aromatic rings. The summed E-state index contributed by atoms with van der Waals surface area (Å²) in [6.07, 6.45) is -1.80. The van der Waals surface area contributed by atoms with E-state index in [1.807, 2.05) is 0 Å². The Labute approximate surface area is 250 Å². The smallest absolute Gasteiger partial charge is 0.410 e. The summed E-state index contributed by atoms with van der Waals surface area (Å²) in [7, 11) is 0. The van der Waals surface area contributed by atoms with Crippen molar-refractivity contribution in [3.8, 4) is 0 Å². The Hall–Kier alpha value is -4.73. The topological polar surface area (TPSA) is 198 Å². The quantitative estimate of drug-likeness (QED) is 0.155. The summed E-state index contributed by atoms with van der Waals surface area (Å²) >= 11 is 1.08. The standard InChI is InChI=1S/C27H30N4O11S/c1-17(32)42-24(13-28-26(34)40-15-19-3-7-21(8-4-19)30(36)37)11-23-12-25(43-18(2)33)14-29(23)27(35)41-16-20-5-9-22(10-6-20)31(38)39/h3-10,23-25H,11-16H2,1-2H3,(H,28,34)/t23-,24+,25+/m1/s1. The highest BCUT2D eigenvalue weighted by molar-refractivity contribution is 8.14. The molecule has 0 saturated carbocycles. The molecular formula is C27H30N4O11S. The van der Waals surface area contributed by atoms with Gasteiger partial charge in [-0.1, -0.05) is 11.8 Å². The average molecular weight is 619 g/mol. The average Bonchev–Trinajstić information content (AvgIpc) is 3.34. The number of benzene rings is 2. The monoisotopic (exact) mass is 618 g/mol. The minimum absolute atomic E-state index is 0.0980. The highest BCUT2D eigenvalue weighted by Gasteiger charge is 2.39. The summed E-state index contributed by atoms with van der Waals surface area (Å²) in [6, 6.07) is 10.5. The summed E-state index contributed by atoms with van der Waals surface area (Å²) in [5.41, 5.74) is 0.871. The van der Waals surface area contributed by atoms with Crippen molar-refractivity contribution in [2.75, 3.05) is 13.1 Å². The van der Waals surface area contributed by atoms with Crippen LogP contribution in [0.25, 0.3) is 0 Å². The maximum absolute atomic E-state index is 13.1. The van der Waals surface area contributed by atoms with Gasteiger partial charge < -0.3 is 24.4 Å². The number of rotatable bonds is 12. The van der Waals surface area contributed by atoms with Crippen molar-refractivity contribution in [3.05, 3.63) is 79.9 Å². The number of alkyl carbamates (subject to hydrolysis) is 1. The molecule has 3 atom stereocenters. The number of carbonyl (C=O) groups is 4. The fraction of sp³-hybridized carbons (Fsp3) is 0.407. The van der Waals surface area contributed by atoms with E-state index in [1.165, 1.54) is 67.3 Å². The zero-order valence-corrected chi connectivity index (χ0v) is 24.2. The van der Waals surface area contributed by atoms with E-state index in [4.69, 9.17) is 14.2 Å². The second-order valence-electron chi connectivity index (χ2n) is 9.60. The number of non-ortho nitro benzene ring substituents is 2. The van der Waals surface area contributed by atoms with E-state index < -0.39 is 40.1 Å². The number of amides is 2. The third-order valence-corrected chi connectivity index (χ3v) is 7.32. The molecule has 43 heavy (non-hydrogen) atoms. The molecule has 1 fully saturated rings. The van der Waals surface area contributed by atoms with Gasteiger partial charge in [-0.15, -0.1) is 0 Å². The fourth-order valence-corrected chi connectivity index (χ4v) is 5.43. The van der Waals surface area contributed by atoms with Gasteiger partial charge in [-0.25, -0.2) is 9.59 Å². The first-order chi connectivity index (χ1) is 20.4. The Morgan fingerprint density at radius 1 is 0.930 bits per heavy atom. The lowest BCUT2D eigenvalue weighted by Crippen LogP contribution is -2.42. The van der Waals surface area contributed by atoms with E-state index in [0.717, 1.165) is 11.8 Å². The van der Waals surface area contributed by atoms with Crippen LogP contribution in [0.5, 0.6) is 0 Å². The van der Waals surface area contributed by atoms with Crippen LogP contribution in [0.4, 0.5) is 21.0 Å². The molecule has 0 aromatic heterocycles.